The van der Waals surface area contributed by atoms with E-state index in [1.807, 2.05) is 4.90 Å². The number of carbonyl (C=O) groups excluding carboxylic acids is 1. The van der Waals surface area contributed by atoms with Gasteiger partial charge in [-0.3, -0.25) is 9.48 Å². The van der Waals surface area contributed by atoms with Gasteiger partial charge < -0.3 is 15.7 Å². The van der Waals surface area contributed by atoms with Crippen LogP contribution in [0.3, 0.4) is 0 Å². The maximum Gasteiger partial charge on any atom is 0.254 e. The monoisotopic (exact) mass is 396 g/mol. The van der Waals surface area contributed by atoms with E-state index < -0.39 is 5.82 Å². The molecule has 5 rings (SSSR count). The SMILES string of the molecule is Cn1ncc2c(N)nc(-c3cc(F)cc(C(=O)N4[C@@H]5CC[C@H]4CC(O)C5)c3)nc21. The fraction of sp³-hybridized carbons (Fsp3) is 0.400. The Morgan fingerprint density at radius 2 is 1.93 bits per heavy atom. The maximum atomic E-state index is 14.4. The van der Waals surface area contributed by atoms with E-state index >= 15 is 0 Å². The van der Waals surface area contributed by atoms with Crippen LogP contribution in [-0.4, -0.2) is 53.8 Å². The lowest BCUT2D eigenvalue weighted by Gasteiger charge is -2.37. The number of amides is 1. The summed E-state index contributed by atoms with van der Waals surface area (Å²) >= 11 is 0. The predicted octanol–water partition coefficient (Wildman–Crippen LogP) is 1.88. The van der Waals surface area contributed by atoms with Crippen LogP contribution in [-0.2, 0) is 7.05 Å². The summed E-state index contributed by atoms with van der Waals surface area (Å²) in [4.78, 5) is 23.7. The molecule has 2 aliphatic heterocycles. The molecule has 3 N–H and O–H groups in total. The molecule has 0 radical (unpaired) electrons. The number of carbonyl (C=O) groups is 1. The van der Waals surface area contributed by atoms with Crippen LogP contribution in [0.1, 0.15) is 36.0 Å². The number of rotatable bonds is 2. The number of hydrogen-bond acceptors (Lipinski definition) is 6. The highest BCUT2D eigenvalue weighted by molar-refractivity contribution is 5.96. The Morgan fingerprint density at radius 1 is 1.21 bits per heavy atom. The molecule has 3 aromatic rings. The van der Waals surface area contributed by atoms with Crippen molar-refractivity contribution in [3.05, 3.63) is 35.8 Å². The standard InChI is InChI=1S/C20H21FN6O2/c1-26-19-16(9-23-26)17(22)24-18(25-19)10-4-11(6-12(21)5-10)20(29)27-13-2-3-14(27)8-15(28)7-13/h4-6,9,13-15,28H,2-3,7-8H2,1H3,(H2,22,24,25)/t13-,14+,15?. The van der Waals surface area contributed by atoms with Gasteiger partial charge in [0.05, 0.1) is 17.7 Å². The number of aromatic nitrogens is 4. The molecule has 8 nitrogen and oxygen atoms in total. The Labute approximate surface area is 166 Å². The zero-order valence-corrected chi connectivity index (χ0v) is 15.9. The van der Waals surface area contributed by atoms with E-state index in [1.165, 1.54) is 12.1 Å². The second-order valence-corrected chi connectivity index (χ2v) is 7.89. The molecule has 2 bridgehead atoms. The molecule has 2 fully saturated rings. The molecule has 2 saturated heterocycles. The van der Waals surface area contributed by atoms with Crippen LogP contribution in [0.2, 0.25) is 0 Å². The smallest absolute Gasteiger partial charge is 0.254 e. The average Bonchev–Trinajstić information content (AvgIpc) is 3.18. The first kappa shape index (κ1) is 18.0. The molecule has 1 aromatic carbocycles. The first-order valence-corrected chi connectivity index (χ1v) is 9.67. The Bertz CT molecular complexity index is 1120. The maximum absolute atomic E-state index is 14.4. The van der Waals surface area contributed by atoms with E-state index in [2.05, 4.69) is 15.1 Å². The number of aliphatic hydroxyl groups excluding tert-OH is 1. The second-order valence-electron chi connectivity index (χ2n) is 7.89. The minimum absolute atomic E-state index is 0.000606. The fourth-order valence-corrected chi connectivity index (χ4v) is 4.64. The van der Waals surface area contributed by atoms with Crippen molar-refractivity contribution >= 4 is 22.8 Å². The number of aliphatic hydroxyl groups is 1. The number of benzene rings is 1. The first-order chi connectivity index (χ1) is 13.9. The van der Waals surface area contributed by atoms with Gasteiger partial charge in [-0.05, 0) is 43.9 Å². The van der Waals surface area contributed by atoms with E-state index in [4.69, 9.17) is 5.73 Å². The summed E-state index contributed by atoms with van der Waals surface area (Å²) < 4.78 is 16.0. The summed E-state index contributed by atoms with van der Waals surface area (Å²) in [7, 11) is 1.74. The highest BCUT2D eigenvalue weighted by Crippen LogP contribution is 2.37. The molecule has 29 heavy (non-hydrogen) atoms. The van der Waals surface area contributed by atoms with Crippen LogP contribution >= 0.6 is 0 Å². The van der Waals surface area contributed by atoms with E-state index in [-0.39, 0.29) is 41.3 Å². The minimum atomic E-state index is -0.539. The highest BCUT2D eigenvalue weighted by Gasteiger charge is 2.43. The van der Waals surface area contributed by atoms with Gasteiger partial charge in [0, 0.05) is 30.3 Å². The third kappa shape index (κ3) is 2.93. The number of fused-ring (bicyclic) bond motifs is 3. The van der Waals surface area contributed by atoms with Gasteiger partial charge in [0.2, 0.25) is 0 Å². The summed E-state index contributed by atoms with van der Waals surface area (Å²) in [6, 6.07) is 4.14. The number of piperidine rings is 1. The van der Waals surface area contributed by atoms with Gasteiger partial charge in [-0.2, -0.15) is 5.10 Å². The summed E-state index contributed by atoms with van der Waals surface area (Å²) in [6.07, 6.45) is 4.08. The number of anilines is 1. The highest BCUT2D eigenvalue weighted by atomic mass is 19.1. The van der Waals surface area contributed by atoms with Gasteiger partial charge in [0.15, 0.2) is 11.5 Å². The van der Waals surface area contributed by atoms with Crippen LogP contribution in [0.15, 0.2) is 24.4 Å². The minimum Gasteiger partial charge on any atom is -0.393 e. The second kappa shape index (κ2) is 6.48. The Morgan fingerprint density at radius 3 is 2.66 bits per heavy atom. The van der Waals surface area contributed by atoms with Crippen LogP contribution in [0.25, 0.3) is 22.4 Å². The lowest BCUT2D eigenvalue weighted by Crippen LogP contribution is -2.48. The van der Waals surface area contributed by atoms with E-state index in [0.29, 0.717) is 29.4 Å². The number of nitrogens with zero attached hydrogens (tertiary/aromatic N) is 5. The van der Waals surface area contributed by atoms with E-state index in [1.54, 1.807) is 24.0 Å². The molecular weight excluding hydrogens is 375 g/mol. The molecule has 150 valence electrons. The topological polar surface area (TPSA) is 110 Å². The van der Waals surface area contributed by atoms with Crippen molar-refractivity contribution < 1.29 is 14.3 Å². The van der Waals surface area contributed by atoms with Crippen molar-refractivity contribution in [1.29, 1.82) is 0 Å². The van der Waals surface area contributed by atoms with Crippen molar-refractivity contribution in [3.63, 3.8) is 0 Å². The number of hydrogen-bond donors (Lipinski definition) is 2. The third-order valence-corrected chi connectivity index (χ3v) is 5.97. The lowest BCUT2D eigenvalue weighted by atomic mass is 9.98. The molecule has 3 atom stereocenters. The normalized spacial score (nSPS) is 23.7. The van der Waals surface area contributed by atoms with Crippen LogP contribution in [0.5, 0.6) is 0 Å². The number of halogens is 1. The van der Waals surface area contributed by atoms with E-state index in [9.17, 15) is 14.3 Å². The van der Waals surface area contributed by atoms with Gasteiger partial charge >= 0.3 is 0 Å². The molecule has 9 heteroatoms. The van der Waals surface area contributed by atoms with Gasteiger partial charge in [0.25, 0.3) is 5.91 Å². The van der Waals surface area contributed by atoms with Crippen molar-refractivity contribution in [1.82, 2.24) is 24.6 Å². The van der Waals surface area contributed by atoms with Gasteiger partial charge in [-0.25, -0.2) is 14.4 Å². The molecule has 4 heterocycles. The fourth-order valence-electron chi connectivity index (χ4n) is 4.64. The Balaban J connectivity index is 1.54. The van der Waals surface area contributed by atoms with Crippen LogP contribution < -0.4 is 5.73 Å². The molecule has 2 aromatic heterocycles. The zero-order chi connectivity index (χ0) is 20.3. The molecule has 0 spiro atoms. The molecule has 1 unspecified atom stereocenters. The molecule has 1 amide bonds. The molecular formula is C20H21FN6O2. The summed E-state index contributed by atoms with van der Waals surface area (Å²) in [5.41, 5.74) is 7.19. The predicted molar refractivity (Wildman–Crippen MR) is 104 cm³/mol. The summed E-state index contributed by atoms with van der Waals surface area (Å²) in [5.74, 6) is -0.273. The van der Waals surface area contributed by atoms with Crippen molar-refractivity contribution in [2.75, 3.05) is 5.73 Å². The zero-order valence-electron chi connectivity index (χ0n) is 15.9. The average molecular weight is 396 g/mol. The quantitative estimate of drug-likeness (QED) is 0.684. The van der Waals surface area contributed by atoms with Crippen molar-refractivity contribution in [3.8, 4) is 11.4 Å². The molecule has 0 aliphatic carbocycles. The lowest BCUT2D eigenvalue weighted by molar-refractivity contribution is 0.0286. The number of nitrogens with two attached hydrogens (primary N) is 1. The van der Waals surface area contributed by atoms with Crippen molar-refractivity contribution in [2.24, 2.45) is 7.05 Å². The van der Waals surface area contributed by atoms with Gasteiger partial charge in [-0.15, -0.1) is 0 Å². The van der Waals surface area contributed by atoms with Crippen LogP contribution in [0.4, 0.5) is 10.2 Å². The molecule has 0 saturated carbocycles. The summed E-state index contributed by atoms with van der Waals surface area (Å²) in [5, 5.41) is 14.7. The summed E-state index contributed by atoms with van der Waals surface area (Å²) in [6.45, 7) is 0. The Hall–Kier alpha value is -3.07. The largest absolute Gasteiger partial charge is 0.393 e. The third-order valence-electron chi connectivity index (χ3n) is 5.97. The van der Waals surface area contributed by atoms with Gasteiger partial charge in [-0.1, -0.05) is 0 Å². The first-order valence-electron chi connectivity index (χ1n) is 9.67. The Kier molecular flexibility index (Phi) is 4.02. The van der Waals surface area contributed by atoms with Crippen molar-refractivity contribution in [2.45, 2.75) is 43.9 Å². The molecule has 2 aliphatic rings. The van der Waals surface area contributed by atoms with Crippen LogP contribution in [0, 0.1) is 5.82 Å². The van der Waals surface area contributed by atoms with Gasteiger partial charge in [0.1, 0.15) is 11.6 Å². The van der Waals surface area contributed by atoms with E-state index in [0.717, 1.165) is 12.8 Å². The number of nitrogen functional groups attached to an aromatic ring is 1. The number of aryl methyl sites for hydroxylation is 1.